The van der Waals surface area contributed by atoms with Crippen LogP contribution in [0.4, 0.5) is 5.69 Å². The number of anilines is 1. The molecule has 0 radical (unpaired) electrons. The third-order valence-electron chi connectivity index (χ3n) is 6.45. The van der Waals surface area contributed by atoms with E-state index in [9.17, 15) is 0 Å². The Morgan fingerprint density at radius 1 is 1.08 bits per heavy atom. The highest BCUT2D eigenvalue weighted by Gasteiger charge is 2.46. The second-order valence-corrected chi connectivity index (χ2v) is 7.42. The largest absolute Gasteiger partial charge is 0.497 e. The van der Waals surface area contributed by atoms with Gasteiger partial charge in [0.15, 0.2) is 5.54 Å². The Bertz CT molecular complexity index is 503. The van der Waals surface area contributed by atoms with E-state index in [1.54, 1.807) is 16.9 Å². The van der Waals surface area contributed by atoms with E-state index in [0.29, 0.717) is 5.54 Å². The number of methoxy groups -OCH3 is 1. The van der Waals surface area contributed by atoms with E-state index in [0.717, 1.165) is 25.4 Å². The maximum absolute atomic E-state index is 5.27. The molecule has 0 aliphatic carbocycles. The van der Waals surface area contributed by atoms with Crippen LogP contribution >= 0.6 is 0 Å². The van der Waals surface area contributed by atoms with Crippen LogP contribution in [-0.4, -0.2) is 65.0 Å². The molecular weight excluding hydrogens is 300 g/mol. The maximum atomic E-state index is 5.27. The third-order valence-corrected chi connectivity index (χ3v) is 6.45. The monoisotopic (exact) mass is 335 g/mol. The van der Waals surface area contributed by atoms with Gasteiger partial charge in [-0.15, -0.1) is 0 Å². The van der Waals surface area contributed by atoms with Crippen LogP contribution in [0.5, 0.6) is 5.75 Å². The van der Waals surface area contributed by atoms with E-state index in [1.807, 2.05) is 0 Å². The lowest BCUT2D eigenvalue weighted by molar-refractivity contribution is -0.985. The first-order valence-electron chi connectivity index (χ1n) is 9.58. The van der Waals surface area contributed by atoms with Gasteiger partial charge in [-0.3, -0.25) is 0 Å². The molecule has 2 heterocycles. The minimum absolute atomic E-state index is 0.435. The molecule has 5 nitrogen and oxygen atoms in total. The van der Waals surface area contributed by atoms with E-state index >= 15 is 0 Å². The van der Waals surface area contributed by atoms with Crippen molar-refractivity contribution < 1.29 is 20.3 Å². The standard InChI is InChI=1S/C19H32N4O/c1-3-21-10-8-19(16-20,9-11-21)23-14-12-22(13-15-23)17-4-6-18(24-2)7-5-17/h4-7H,3,8-16,20H2,1-2H3/p+3. The number of nitrogens with zero attached hydrogens (tertiary/aromatic N) is 1. The van der Waals surface area contributed by atoms with Crippen LogP contribution < -0.4 is 25.2 Å². The van der Waals surface area contributed by atoms with Gasteiger partial charge in [-0.25, -0.2) is 0 Å². The molecule has 3 rings (SSSR count). The molecule has 2 fully saturated rings. The fourth-order valence-electron chi connectivity index (χ4n) is 4.57. The van der Waals surface area contributed by atoms with Crippen LogP contribution in [0.1, 0.15) is 19.8 Å². The van der Waals surface area contributed by atoms with Crippen molar-refractivity contribution in [2.24, 2.45) is 0 Å². The van der Waals surface area contributed by atoms with Crippen molar-refractivity contribution in [1.82, 2.24) is 0 Å². The van der Waals surface area contributed by atoms with Crippen LogP contribution in [0.15, 0.2) is 24.3 Å². The Morgan fingerprint density at radius 2 is 1.71 bits per heavy atom. The highest BCUT2D eigenvalue weighted by atomic mass is 16.5. The Kier molecular flexibility index (Phi) is 5.64. The van der Waals surface area contributed by atoms with Crippen LogP contribution in [0.2, 0.25) is 0 Å². The lowest BCUT2D eigenvalue weighted by atomic mass is 9.85. The van der Waals surface area contributed by atoms with E-state index in [1.165, 1.54) is 51.3 Å². The lowest BCUT2D eigenvalue weighted by Gasteiger charge is -2.46. The molecule has 0 atom stereocenters. The van der Waals surface area contributed by atoms with Crippen molar-refractivity contribution in [3.05, 3.63) is 24.3 Å². The number of benzene rings is 1. The van der Waals surface area contributed by atoms with Crippen molar-refractivity contribution in [1.29, 1.82) is 0 Å². The van der Waals surface area contributed by atoms with E-state index in [4.69, 9.17) is 4.74 Å². The highest BCUT2D eigenvalue weighted by Crippen LogP contribution is 2.19. The van der Waals surface area contributed by atoms with Gasteiger partial charge in [0, 0.05) is 5.69 Å². The Balaban J connectivity index is 1.59. The number of ether oxygens (including phenoxy) is 1. The number of hydrogen-bond donors (Lipinski definition) is 3. The molecule has 2 aliphatic rings. The van der Waals surface area contributed by atoms with Gasteiger partial charge in [-0.05, 0) is 31.2 Å². The van der Waals surface area contributed by atoms with E-state index in [2.05, 4.69) is 41.8 Å². The summed E-state index contributed by atoms with van der Waals surface area (Å²) in [6, 6.07) is 8.50. The number of likely N-dealkylation sites (tertiary alicyclic amines) is 1. The molecule has 134 valence electrons. The minimum atomic E-state index is 0.435. The molecule has 0 spiro atoms. The summed E-state index contributed by atoms with van der Waals surface area (Å²) in [6.07, 6.45) is 2.69. The quantitative estimate of drug-likeness (QED) is 0.588. The molecule has 0 saturated carbocycles. The number of quaternary nitrogens is 3. The topological polar surface area (TPSA) is 49.0 Å². The molecule has 0 aromatic heterocycles. The molecule has 5 N–H and O–H groups in total. The van der Waals surface area contributed by atoms with E-state index in [-0.39, 0.29) is 0 Å². The van der Waals surface area contributed by atoms with Crippen molar-refractivity contribution in [3.63, 3.8) is 0 Å². The average Bonchev–Trinajstić information content (AvgIpc) is 2.68. The minimum Gasteiger partial charge on any atom is -0.497 e. The van der Waals surface area contributed by atoms with Crippen LogP contribution in [0, 0.1) is 0 Å². The average molecular weight is 336 g/mol. The normalized spacial score (nSPS) is 28.8. The molecule has 0 amide bonds. The van der Waals surface area contributed by atoms with Crippen LogP contribution in [0.3, 0.4) is 0 Å². The van der Waals surface area contributed by atoms with Crippen LogP contribution in [-0.2, 0) is 0 Å². The summed E-state index contributed by atoms with van der Waals surface area (Å²) in [5, 5.41) is 0. The Labute approximate surface area is 146 Å². The molecule has 0 unspecified atom stereocenters. The fraction of sp³-hybridized carbons (Fsp3) is 0.684. The summed E-state index contributed by atoms with van der Waals surface area (Å²) in [4.78, 5) is 6.10. The summed E-state index contributed by atoms with van der Waals surface area (Å²) in [5.74, 6) is 0.934. The van der Waals surface area contributed by atoms with Crippen LogP contribution in [0.25, 0.3) is 0 Å². The predicted octanol–water partition coefficient (Wildman–Crippen LogP) is -1.92. The highest BCUT2D eigenvalue weighted by molar-refractivity contribution is 5.49. The zero-order valence-corrected chi connectivity index (χ0v) is 15.4. The van der Waals surface area contributed by atoms with Gasteiger partial charge in [0.1, 0.15) is 12.3 Å². The maximum Gasteiger partial charge on any atom is 0.158 e. The summed E-state index contributed by atoms with van der Waals surface area (Å²) in [6.45, 7) is 12.1. The number of piperazine rings is 1. The van der Waals surface area contributed by atoms with E-state index < -0.39 is 0 Å². The molecule has 1 aromatic rings. The summed E-state index contributed by atoms with van der Waals surface area (Å²) < 4.78 is 5.27. The van der Waals surface area contributed by atoms with Gasteiger partial charge in [0.05, 0.1) is 65.8 Å². The van der Waals surface area contributed by atoms with Crippen molar-refractivity contribution >= 4 is 5.69 Å². The second kappa shape index (κ2) is 7.72. The number of piperidine rings is 1. The van der Waals surface area contributed by atoms with Crippen molar-refractivity contribution in [2.75, 3.05) is 64.4 Å². The summed E-state index contributed by atoms with van der Waals surface area (Å²) >= 11 is 0. The predicted molar refractivity (Wildman–Crippen MR) is 96.9 cm³/mol. The van der Waals surface area contributed by atoms with Gasteiger partial charge in [0.25, 0.3) is 0 Å². The zero-order valence-electron chi connectivity index (χ0n) is 15.4. The van der Waals surface area contributed by atoms with Gasteiger partial charge < -0.3 is 25.2 Å². The van der Waals surface area contributed by atoms with Gasteiger partial charge >= 0.3 is 0 Å². The fourth-order valence-corrected chi connectivity index (χ4v) is 4.57. The third kappa shape index (κ3) is 3.53. The molecule has 5 heteroatoms. The first kappa shape index (κ1) is 17.5. The molecule has 0 bridgehead atoms. The first-order chi connectivity index (χ1) is 11.7. The second-order valence-electron chi connectivity index (χ2n) is 7.42. The van der Waals surface area contributed by atoms with Gasteiger partial charge in [0.2, 0.25) is 0 Å². The Morgan fingerprint density at radius 3 is 2.21 bits per heavy atom. The Hall–Kier alpha value is -1.30. The van der Waals surface area contributed by atoms with Crippen molar-refractivity contribution in [3.8, 4) is 5.75 Å². The van der Waals surface area contributed by atoms with Gasteiger partial charge in [-0.1, -0.05) is 0 Å². The molecule has 2 aliphatic heterocycles. The summed E-state index contributed by atoms with van der Waals surface area (Å²) in [7, 11) is 1.72. The lowest BCUT2D eigenvalue weighted by Crippen LogP contribution is -3.27. The molecular formula is C19H35N4O+3. The van der Waals surface area contributed by atoms with Gasteiger partial charge in [-0.2, -0.15) is 0 Å². The van der Waals surface area contributed by atoms with Crippen molar-refractivity contribution in [2.45, 2.75) is 25.3 Å². The molecule has 24 heavy (non-hydrogen) atoms. The molecule has 1 aromatic carbocycles. The summed E-state index contributed by atoms with van der Waals surface area (Å²) in [5.41, 5.74) is 6.10. The molecule has 2 saturated heterocycles. The SMILES string of the molecule is CC[NH+]1CCC(C[NH3+])([NH+]2CCN(c3ccc(OC)cc3)CC2)CC1. The first-order valence-corrected chi connectivity index (χ1v) is 9.58. The number of nitrogens with one attached hydrogen (secondary N) is 2. The number of hydrogen-bond acceptors (Lipinski definition) is 2. The smallest absolute Gasteiger partial charge is 0.158 e. The number of rotatable bonds is 5. The zero-order chi connectivity index (χ0) is 17.0.